The third-order valence-corrected chi connectivity index (χ3v) is 5.61. The van der Waals surface area contributed by atoms with Crippen molar-refractivity contribution in [2.24, 2.45) is 0 Å². The lowest BCUT2D eigenvalue weighted by atomic mass is 10.1. The van der Waals surface area contributed by atoms with Crippen molar-refractivity contribution >= 4 is 33.2 Å². The van der Waals surface area contributed by atoms with E-state index in [1.165, 1.54) is 0 Å². The smallest absolute Gasteiger partial charge is 0.406 e. The number of ether oxygens (including phenoxy) is 1. The second kappa shape index (κ2) is 8.04. The van der Waals surface area contributed by atoms with E-state index >= 15 is 0 Å². The van der Waals surface area contributed by atoms with E-state index in [2.05, 4.69) is 9.46 Å². The van der Waals surface area contributed by atoms with Crippen LogP contribution in [0, 0.1) is 0 Å². The highest BCUT2D eigenvalue weighted by atomic mass is 35.5. The number of alkyl halides is 3. The Labute approximate surface area is 158 Å². The third-order valence-electron chi connectivity index (χ3n) is 3.30. The Morgan fingerprint density at radius 2 is 1.62 bits per heavy atom. The molecule has 0 radical (unpaired) electrons. The van der Waals surface area contributed by atoms with Gasteiger partial charge in [0.1, 0.15) is 5.75 Å². The van der Waals surface area contributed by atoms with Crippen molar-refractivity contribution in [2.45, 2.75) is 30.6 Å². The Morgan fingerprint density at radius 1 is 1.08 bits per heavy atom. The Bertz CT molecular complexity index is 851. The van der Waals surface area contributed by atoms with Crippen molar-refractivity contribution in [3.8, 4) is 5.75 Å². The van der Waals surface area contributed by atoms with Crippen molar-refractivity contribution in [1.82, 2.24) is 4.72 Å². The van der Waals surface area contributed by atoms with Gasteiger partial charge in [0, 0.05) is 16.1 Å². The number of rotatable bonds is 6. The minimum absolute atomic E-state index is 0.191. The maximum atomic E-state index is 12.4. The fourth-order valence-corrected chi connectivity index (χ4v) is 4.02. The van der Waals surface area contributed by atoms with Gasteiger partial charge in [-0.2, -0.15) is 0 Å². The van der Waals surface area contributed by atoms with Gasteiger partial charge in [-0.25, -0.2) is 13.1 Å². The number of hydrogen-bond acceptors (Lipinski definition) is 3. The standard InChI is InChI=1S/C16H14Cl2F3NO3S/c1-10(9-13-14(17)3-2-4-15(13)18)22-26(23,24)12-7-5-11(6-8-12)25-16(19,20)21/h2-8,10,22H,9H2,1H3/t10-/m1/s1. The molecule has 0 saturated heterocycles. The fourth-order valence-electron chi connectivity index (χ4n) is 2.23. The molecule has 0 fully saturated rings. The molecule has 0 heterocycles. The zero-order chi connectivity index (χ0) is 19.5. The van der Waals surface area contributed by atoms with Gasteiger partial charge in [0.15, 0.2) is 0 Å². The predicted molar refractivity (Wildman–Crippen MR) is 93.1 cm³/mol. The van der Waals surface area contributed by atoms with Crippen LogP contribution in [0.4, 0.5) is 13.2 Å². The van der Waals surface area contributed by atoms with E-state index in [4.69, 9.17) is 23.2 Å². The van der Waals surface area contributed by atoms with Crippen LogP contribution in [0.3, 0.4) is 0 Å². The summed E-state index contributed by atoms with van der Waals surface area (Å²) in [6.45, 7) is 1.62. The summed E-state index contributed by atoms with van der Waals surface area (Å²) in [5, 5.41) is 0.828. The van der Waals surface area contributed by atoms with Gasteiger partial charge >= 0.3 is 6.36 Å². The van der Waals surface area contributed by atoms with Crippen molar-refractivity contribution in [2.75, 3.05) is 0 Å². The van der Waals surface area contributed by atoms with Crippen molar-refractivity contribution < 1.29 is 26.3 Å². The van der Waals surface area contributed by atoms with Crippen LogP contribution < -0.4 is 9.46 Å². The molecule has 0 unspecified atom stereocenters. The summed E-state index contributed by atoms with van der Waals surface area (Å²) < 4.78 is 67.3. The minimum Gasteiger partial charge on any atom is -0.406 e. The molecule has 4 nitrogen and oxygen atoms in total. The number of sulfonamides is 1. The lowest BCUT2D eigenvalue weighted by Crippen LogP contribution is -2.34. The van der Waals surface area contributed by atoms with Crippen LogP contribution in [-0.4, -0.2) is 20.8 Å². The molecule has 1 N–H and O–H groups in total. The van der Waals surface area contributed by atoms with E-state index in [-0.39, 0.29) is 11.3 Å². The first-order valence-electron chi connectivity index (χ1n) is 7.29. The van der Waals surface area contributed by atoms with Crippen molar-refractivity contribution in [3.05, 3.63) is 58.1 Å². The van der Waals surface area contributed by atoms with Gasteiger partial charge in [-0.3, -0.25) is 0 Å². The molecule has 0 saturated carbocycles. The summed E-state index contributed by atoms with van der Waals surface area (Å²) in [6, 6.07) is 8.32. The zero-order valence-corrected chi connectivity index (χ0v) is 15.7. The molecule has 0 spiro atoms. The minimum atomic E-state index is -4.85. The molecule has 10 heteroatoms. The molecule has 2 rings (SSSR count). The van der Waals surface area contributed by atoms with Crippen molar-refractivity contribution in [1.29, 1.82) is 0 Å². The molecule has 0 bridgehead atoms. The summed E-state index contributed by atoms with van der Waals surface area (Å²) in [7, 11) is -3.94. The second-order valence-corrected chi connectivity index (χ2v) is 7.97. The molecule has 1 atom stereocenters. The van der Waals surface area contributed by atoms with Crippen LogP contribution in [-0.2, 0) is 16.4 Å². The van der Waals surface area contributed by atoms with E-state index in [0.717, 1.165) is 24.3 Å². The quantitative estimate of drug-likeness (QED) is 0.719. The van der Waals surface area contributed by atoms with E-state index in [0.29, 0.717) is 15.6 Å². The molecule has 0 aliphatic heterocycles. The van der Waals surface area contributed by atoms with E-state index in [1.807, 2.05) is 0 Å². The van der Waals surface area contributed by atoms with Gasteiger partial charge in [-0.15, -0.1) is 13.2 Å². The molecule has 0 amide bonds. The summed E-state index contributed by atoms with van der Waals surface area (Å²) in [5.41, 5.74) is 0.597. The average Bonchev–Trinajstić information content (AvgIpc) is 2.49. The molecule has 2 aromatic carbocycles. The van der Waals surface area contributed by atoms with E-state index in [9.17, 15) is 21.6 Å². The highest BCUT2D eigenvalue weighted by molar-refractivity contribution is 7.89. The third kappa shape index (κ3) is 5.77. The average molecular weight is 428 g/mol. The Balaban J connectivity index is 2.10. The molecule has 0 aliphatic carbocycles. The van der Waals surface area contributed by atoms with Crippen molar-refractivity contribution in [3.63, 3.8) is 0 Å². The van der Waals surface area contributed by atoms with Gasteiger partial charge in [-0.1, -0.05) is 29.3 Å². The molecule has 142 valence electrons. The maximum absolute atomic E-state index is 12.4. The Kier molecular flexibility index (Phi) is 6.44. The van der Waals surface area contributed by atoms with E-state index < -0.39 is 28.2 Å². The lowest BCUT2D eigenvalue weighted by molar-refractivity contribution is -0.274. The van der Waals surface area contributed by atoms with Gasteiger partial charge in [-0.05, 0) is 55.3 Å². The fraction of sp³-hybridized carbons (Fsp3) is 0.250. The highest BCUT2D eigenvalue weighted by Gasteiger charge is 2.31. The van der Waals surface area contributed by atoms with Gasteiger partial charge in [0.25, 0.3) is 0 Å². The first kappa shape index (κ1) is 20.8. The monoisotopic (exact) mass is 427 g/mol. The number of benzene rings is 2. The van der Waals surface area contributed by atoms with Crippen LogP contribution in [0.25, 0.3) is 0 Å². The summed E-state index contributed by atoms with van der Waals surface area (Å²) >= 11 is 12.1. The second-order valence-electron chi connectivity index (χ2n) is 5.45. The largest absolute Gasteiger partial charge is 0.573 e. The van der Waals surface area contributed by atoms with Gasteiger partial charge in [0.2, 0.25) is 10.0 Å². The van der Waals surface area contributed by atoms with Crippen LogP contribution >= 0.6 is 23.2 Å². The van der Waals surface area contributed by atoms with E-state index in [1.54, 1.807) is 25.1 Å². The Hall–Kier alpha value is -1.48. The SMILES string of the molecule is C[C@H](Cc1c(Cl)cccc1Cl)NS(=O)(=O)c1ccc(OC(F)(F)F)cc1. The first-order chi connectivity index (χ1) is 12.0. The Morgan fingerprint density at radius 3 is 2.12 bits per heavy atom. The summed E-state index contributed by atoms with van der Waals surface area (Å²) in [5.74, 6) is -0.507. The number of hydrogen-bond donors (Lipinski definition) is 1. The van der Waals surface area contributed by atoms with Gasteiger partial charge < -0.3 is 4.74 Å². The summed E-state index contributed by atoms with van der Waals surface area (Å²) in [4.78, 5) is -0.191. The summed E-state index contributed by atoms with van der Waals surface area (Å²) in [6.07, 6.45) is -4.60. The normalized spacial score (nSPS) is 13.5. The molecule has 0 aliphatic rings. The number of nitrogens with one attached hydrogen (secondary N) is 1. The van der Waals surface area contributed by atoms with Crippen LogP contribution in [0.15, 0.2) is 47.4 Å². The molecule has 2 aromatic rings. The molecule has 26 heavy (non-hydrogen) atoms. The number of halogens is 5. The topological polar surface area (TPSA) is 55.4 Å². The van der Waals surface area contributed by atoms with Crippen LogP contribution in [0.1, 0.15) is 12.5 Å². The lowest BCUT2D eigenvalue weighted by Gasteiger charge is -2.16. The maximum Gasteiger partial charge on any atom is 0.573 e. The predicted octanol–water partition coefficient (Wildman–Crippen LogP) is 4.80. The molecular formula is C16H14Cl2F3NO3S. The van der Waals surface area contributed by atoms with Gasteiger partial charge in [0.05, 0.1) is 4.90 Å². The molecular weight excluding hydrogens is 414 g/mol. The van der Waals surface area contributed by atoms with Crippen LogP contribution in [0.2, 0.25) is 10.0 Å². The van der Waals surface area contributed by atoms with Crippen LogP contribution in [0.5, 0.6) is 5.75 Å². The first-order valence-corrected chi connectivity index (χ1v) is 9.53. The molecule has 0 aromatic heterocycles. The highest BCUT2D eigenvalue weighted by Crippen LogP contribution is 2.26. The zero-order valence-electron chi connectivity index (χ0n) is 13.3.